The van der Waals surface area contributed by atoms with Gasteiger partial charge in [0.15, 0.2) is 0 Å². The Morgan fingerprint density at radius 1 is 1.10 bits per heavy atom. The zero-order valence-electron chi connectivity index (χ0n) is 11.5. The molecule has 1 aliphatic heterocycles. The first-order valence-corrected chi connectivity index (χ1v) is 6.63. The highest BCUT2D eigenvalue weighted by Crippen LogP contribution is 2.36. The molecule has 2 amide bonds. The lowest BCUT2D eigenvalue weighted by Crippen LogP contribution is -2.51. The number of para-hydroxylation sites is 4. The van der Waals surface area contributed by atoms with E-state index in [4.69, 9.17) is 4.74 Å². The normalized spacial score (nSPS) is 13.7. The number of urea groups is 1. The van der Waals surface area contributed by atoms with Crippen LogP contribution in [0, 0.1) is 0 Å². The van der Waals surface area contributed by atoms with Gasteiger partial charge in [-0.3, -0.25) is 5.21 Å². The molecule has 0 spiro atoms. The first-order valence-electron chi connectivity index (χ1n) is 6.63. The van der Waals surface area contributed by atoms with E-state index in [2.05, 4.69) is 5.32 Å². The topological polar surface area (TPSA) is 65.0 Å². The molecule has 0 saturated carbocycles. The number of nitrogens with zero attached hydrogens (tertiary/aromatic N) is 2. The summed E-state index contributed by atoms with van der Waals surface area (Å²) in [6.45, 7) is 2.33. The van der Waals surface area contributed by atoms with Gasteiger partial charge in [-0.1, -0.05) is 24.3 Å². The Morgan fingerprint density at radius 3 is 2.52 bits per heavy atom. The van der Waals surface area contributed by atoms with Crippen LogP contribution in [0.3, 0.4) is 0 Å². The van der Waals surface area contributed by atoms with Gasteiger partial charge in [-0.15, -0.1) is 0 Å². The van der Waals surface area contributed by atoms with Crippen molar-refractivity contribution in [1.29, 1.82) is 0 Å². The molecule has 0 fully saturated rings. The predicted molar refractivity (Wildman–Crippen MR) is 79.8 cm³/mol. The van der Waals surface area contributed by atoms with Crippen molar-refractivity contribution in [2.45, 2.75) is 6.92 Å². The number of nitrogens with one attached hydrogen (secondary N) is 1. The molecule has 2 aromatic rings. The van der Waals surface area contributed by atoms with Gasteiger partial charge in [-0.25, -0.2) is 4.79 Å². The van der Waals surface area contributed by atoms with Gasteiger partial charge in [0.2, 0.25) is 0 Å². The molecule has 0 aromatic heterocycles. The van der Waals surface area contributed by atoms with Gasteiger partial charge in [0.25, 0.3) is 0 Å². The largest absolute Gasteiger partial charge is 0.492 e. The highest BCUT2D eigenvalue weighted by Gasteiger charge is 2.31. The van der Waals surface area contributed by atoms with E-state index in [1.165, 1.54) is 0 Å². The van der Waals surface area contributed by atoms with Gasteiger partial charge in [0.1, 0.15) is 17.1 Å². The van der Waals surface area contributed by atoms with Gasteiger partial charge in [-0.2, -0.15) is 10.2 Å². The molecule has 6 nitrogen and oxygen atoms in total. The quantitative estimate of drug-likeness (QED) is 0.908. The van der Waals surface area contributed by atoms with Crippen LogP contribution < -0.4 is 20.2 Å². The highest BCUT2D eigenvalue weighted by molar-refractivity contribution is 6.09. The minimum atomic E-state index is -0.455. The van der Waals surface area contributed by atoms with Crippen LogP contribution in [-0.4, -0.2) is 17.8 Å². The molecule has 6 heteroatoms. The van der Waals surface area contributed by atoms with E-state index in [-0.39, 0.29) is 0 Å². The van der Waals surface area contributed by atoms with Gasteiger partial charge in [-0.05, 0) is 31.2 Å². The van der Waals surface area contributed by atoms with Crippen molar-refractivity contribution in [2.75, 3.05) is 22.1 Å². The average Bonchev–Trinajstić information content (AvgIpc) is 2.49. The average molecular weight is 285 g/mol. The molecular formula is C15H15N3O3. The van der Waals surface area contributed by atoms with Crippen LogP contribution in [0.15, 0.2) is 48.5 Å². The second kappa shape index (κ2) is 5.34. The fraction of sp³-hybridized carbons (Fsp3) is 0.133. The van der Waals surface area contributed by atoms with Crippen LogP contribution >= 0.6 is 0 Å². The molecule has 21 heavy (non-hydrogen) atoms. The molecule has 0 atom stereocenters. The van der Waals surface area contributed by atoms with E-state index in [1.54, 1.807) is 42.5 Å². The summed E-state index contributed by atoms with van der Waals surface area (Å²) in [5.41, 5.74) is 1.51. The van der Waals surface area contributed by atoms with Crippen LogP contribution in [0.25, 0.3) is 0 Å². The number of hydrogen-bond acceptors (Lipinski definition) is 4. The summed E-state index contributed by atoms with van der Waals surface area (Å²) in [5, 5.41) is 15.1. The molecular weight excluding hydrogens is 270 g/mol. The van der Waals surface area contributed by atoms with Crippen LogP contribution in [-0.2, 0) is 0 Å². The molecule has 0 unspecified atom stereocenters. The number of carbonyl (C=O) groups excluding carboxylic acids is 1. The Balaban J connectivity index is 2.05. The molecule has 0 bridgehead atoms. The maximum atomic E-state index is 12.3. The summed E-state index contributed by atoms with van der Waals surface area (Å²) in [6, 6.07) is 13.6. The SMILES string of the molecule is CCOc1ccccc1N1C(=O)Nc2ccccc2N1O. The molecule has 2 N–H and O–H groups in total. The van der Waals surface area contributed by atoms with Crippen LogP contribution in [0.2, 0.25) is 0 Å². The second-order valence-electron chi connectivity index (χ2n) is 4.45. The number of amides is 2. The van der Waals surface area contributed by atoms with Crippen molar-refractivity contribution >= 4 is 23.1 Å². The van der Waals surface area contributed by atoms with Gasteiger partial charge >= 0.3 is 6.03 Å². The number of hydrogen-bond donors (Lipinski definition) is 2. The van der Waals surface area contributed by atoms with Crippen LogP contribution in [0.5, 0.6) is 5.75 Å². The van der Waals surface area contributed by atoms with E-state index >= 15 is 0 Å². The van der Waals surface area contributed by atoms with E-state index in [0.29, 0.717) is 29.4 Å². The summed E-state index contributed by atoms with van der Waals surface area (Å²) in [4.78, 5) is 12.3. The van der Waals surface area contributed by atoms with Crippen molar-refractivity contribution in [2.24, 2.45) is 0 Å². The van der Waals surface area contributed by atoms with Crippen molar-refractivity contribution in [3.05, 3.63) is 48.5 Å². The van der Waals surface area contributed by atoms with Gasteiger partial charge in [0, 0.05) is 0 Å². The number of fused-ring (bicyclic) bond motifs is 1. The molecule has 3 rings (SSSR count). The molecule has 0 saturated heterocycles. The lowest BCUT2D eigenvalue weighted by atomic mass is 10.2. The third-order valence-corrected chi connectivity index (χ3v) is 3.14. The molecule has 0 radical (unpaired) electrons. The van der Waals surface area contributed by atoms with Gasteiger partial charge < -0.3 is 10.1 Å². The standard InChI is InChI=1S/C15H15N3O3/c1-2-21-14-10-6-5-9-13(14)17-15(19)16-11-7-3-4-8-12(11)18(17)20/h3-10,20H,2H2,1H3,(H,16,19). The summed E-state index contributed by atoms with van der Waals surface area (Å²) in [5.74, 6) is 0.522. The maximum absolute atomic E-state index is 12.3. The summed E-state index contributed by atoms with van der Waals surface area (Å²) >= 11 is 0. The lowest BCUT2D eigenvalue weighted by Gasteiger charge is -2.36. The lowest BCUT2D eigenvalue weighted by molar-refractivity contribution is 0.220. The number of anilines is 3. The van der Waals surface area contributed by atoms with Crippen LogP contribution in [0.1, 0.15) is 6.92 Å². The molecule has 1 heterocycles. The number of hydrazine groups is 1. The smallest absolute Gasteiger partial charge is 0.347 e. The monoisotopic (exact) mass is 285 g/mol. The highest BCUT2D eigenvalue weighted by atomic mass is 16.6. The second-order valence-corrected chi connectivity index (χ2v) is 4.45. The molecule has 1 aliphatic rings. The van der Waals surface area contributed by atoms with Crippen molar-refractivity contribution in [1.82, 2.24) is 0 Å². The Labute approximate surface area is 122 Å². The van der Waals surface area contributed by atoms with Crippen molar-refractivity contribution < 1.29 is 14.7 Å². The number of rotatable bonds is 3. The summed E-state index contributed by atoms with van der Waals surface area (Å²) in [7, 11) is 0. The Morgan fingerprint density at radius 2 is 1.76 bits per heavy atom. The van der Waals surface area contributed by atoms with Crippen molar-refractivity contribution in [3.63, 3.8) is 0 Å². The van der Waals surface area contributed by atoms with E-state index in [9.17, 15) is 10.0 Å². The minimum absolute atomic E-state index is 0.455. The zero-order valence-corrected chi connectivity index (χ0v) is 11.5. The number of carbonyl (C=O) groups is 1. The summed E-state index contributed by atoms with van der Waals surface area (Å²) < 4.78 is 5.52. The first kappa shape index (κ1) is 13.3. The third kappa shape index (κ3) is 2.25. The summed E-state index contributed by atoms with van der Waals surface area (Å²) in [6.07, 6.45) is 0. The number of benzene rings is 2. The van der Waals surface area contributed by atoms with E-state index in [0.717, 1.165) is 10.2 Å². The zero-order chi connectivity index (χ0) is 14.8. The number of ether oxygens (including phenoxy) is 1. The minimum Gasteiger partial charge on any atom is -0.492 e. The molecule has 108 valence electrons. The molecule has 0 aliphatic carbocycles. The Kier molecular flexibility index (Phi) is 3.37. The fourth-order valence-electron chi connectivity index (χ4n) is 2.24. The van der Waals surface area contributed by atoms with Crippen molar-refractivity contribution in [3.8, 4) is 5.75 Å². The fourth-order valence-corrected chi connectivity index (χ4v) is 2.24. The van der Waals surface area contributed by atoms with E-state index in [1.807, 2.05) is 13.0 Å². The maximum Gasteiger partial charge on any atom is 0.347 e. The Hall–Kier alpha value is -2.73. The van der Waals surface area contributed by atoms with Gasteiger partial charge in [0.05, 0.1) is 12.3 Å². The van der Waals surface area contributed by atoms with Crippen LogP contribution in [0.4, 0.5) is 21.9 Å². The first-order chi connectivity index (χ1) is 10.2. The predicted octanol–water partition coefficient (Wildman–Crippen LogP) is 3.25. The third-order valence-electron chi connectivity index (χ3n) is 3.14. The Bertz CT molecular complexity index is 675. The van der Waals surface area contributed by atoms with E-state index < -0.39 is 6.03 Å². The molecule has 2 aromatic carbocycles.